The fourth-order valence-electron chi connectivity index (χ4n) is 1.94. The third-order valence-corrected chi connectivity index (χ3v) is 3.08. The van der Waals surface area contributed by atoms with Gasteiger partial charge in [0.1, 0.15) is 0 Å². The molecule has 1 aromatic heterocycles. The quantitative estimate of drug-likeness (QED) is 0.735. The third kappa shape index (κ3) is 4.05. The molecule has 1 rings (SSSR count). The molecule has 5 nitrogen and oxygen atoms in total. The molecule has 19 heavy (non-hydrogen) atoms. The van der Waals surface area contributed by atoms with Crippen LogP contribution in [0, 0.1) is 5.92 Å². The van der Waals surface area contributed by atoms with Gasteiger partial charge in [-0.2, -0.15) is 0 Å². The van der Waals surface area contributed by atoms with Gasteiger partial charge in [-0.1, -0.05) is 13.0 Å². The average molecular weight is 265 g/mol. The molecule has 0 aliphatic heterocycles. The number of hydrogen-bond donors (Lipinski definition) is 0. The first-order chi connectivity index (χ1) is 9.13. The normalized spacial score (nSPS) is 13.4. The molecule has 0 N–H and O–H groups in total. The van der Waals surface area contributed by atoms with E-state index in [9.17, 15) is 9.59 Å². The fraction of sp³-hybridized carbons (Fsp3) is 0.500. The second-order valence-corrected chi connectivity index (χ2v) is 4.19. The second-order valence-electron chi connectivity index (χ2n) is 4.19. The van der Waals surface area contributed by atoms with Gasteiger partial charge in [-0.15, -0.1) is 0 Å². The number of hydrogen-bond acceptors (Lipinski definition) is 5. The van der Waals surface area contributed by atoms with Crippen LogP contribution in [0.4, 0.5) is 0 Å². The Bertz CT molecular complexity index is 419. The first-order valence-electron chi connectivity index (χ1n) is 6.20. The number of carbonyl (C=O) groups excluding carboxylic acids is 2. The van der Waals surface area contributed by atoms with Crippen LogP contribution in [0.25, 0.3) is 0 Å². The Hall–Kier alpha value is -1.91. The van der Waals surface area contributed by atoms with Crippen molar-refractivity contribution < 1.29 is 19.1 Å². The number of nitrogens with zero attached hydrogens (tertiary/aromatic N) is 1. The summed E-state index contributed by atoms with van der Waals surface area (Å²) < 4.78 is 9.54. The SMILES string of the molecule is CCC(CC(C(=O)OC)c1ccccn1)C(=O)OC. The van der Waals surface area contributed by atoms with Crippen LogP contribution >= 0.6 is 0 Å². The van der Waals surface area contributed by atoms with E-state index in [1.165, 1.54) is 14.2 Å². The molecule has 2 atom stereocenters. The van der Waals surface area contributed by atoms with Crippen molar-refractivity contribution in [2.75, 3.05) is 14.2 Å². The van der Waals surface area contributed by atoms with Gasteiger partial charge >= 0.3 is 11.9 Å². The Morgan fingerprint density at radius 3 is 2.37 bits per heavy atom. The molecular weight excluding hydrogens is 246 g/mol. The Labute approximate surface area is 112 Å². The first kappa shape index (κ1) is 15.1. The van der Waals surface area contributed by atoms with E-state index in [1.807, 2.05) is 6.92 Å². The Balaban J connectivity index is 2.93. The van der Waals surface area contributed by atoms with E-state index in [0.29, 0.717) is 18.5 Å². The van der Waals surface area contributed by atoms with Crippen molar-refractivity contribution in [3.63, 3.8) is 0 Å². The zero-order chi connectivity index (χ0) is 14.3. The van der Waals surface area contributed by atoms with Crippen molar-refractivity contribution in [2.45, 2.75) is 25.7 Å². The van der Waals surface area contributed by atoms with E-state index in [4.69, 9.17) is 9.47 Å². The van der Waals surface area contributed by atoms with E-state index in [0.717, 1.165) is 0 Å². The molecule has 0 bridgehead atoms. The molecule has 2 unspecified atom stereocenters. The molecule has 0 aromatic carbocycles. The minimum absolute atomic E-state index is 0.313. The summed E-state index contributed by atoms with van der Waals surface area (Å²) in [5.74, 6) is -1.58. The lowest BCUT2D eigenvalue weighted by Gasteiger charge is -2.19. The molecule has 1 heterocycles. The zero-order valence-electron chi connectivity index (χ0n) is 11.5. The van der Waals surface area contributed by atoms with Gasteiger partial charge < -0.3 is 9.47 Å². The highest BCUT2D eigenvalue weighted by Crippen LogP contribution is 2.26. The summed E-state index contributed by atoms with van der Waals surface area (Å²) in [7, 11) is 2.68. The molecule has 0 fully saturated rings. The summed E-state index contributed by atoms with van der Waals surface area (Å²) in [6.07, 6.45) is 2.56. The smallest absolute Gasteiger partial charge is 0.314 e. The van der Waals surface area contributed by atoms with Crippen LogP contribution in [-0.2, 0) is 19.1 Å². The predicted molar refractivity (Wildman–Crippen MR) is 69.4 cm³/mol. The van der Waals surface area contributed by atoms with Crippen LogP contribution in [0.3, 0.4) is 0 Å². The van der Waals surface area contributed by atoms with E-state index >= 15 is 0 Å². The Morgan fingerprint density at radius 2 is 1.89 bits per heavy atom. The predicted octanol–water partition coefficient (Wildman–Crippen LogP) is 1.93. The minimum Gasteiger partial charge on any atom is -0.469 e. The zero-order valence-corrected chi connectivity index (χ0v) is 11.5. The van der Waals surface area contributed by atoms with Gasteiger partial charge in [0.05, 0.1) is 31.7 Å². The van der Waals surface area contributed by atoms with Gasteiger partial charge in [0.15, 0.2) is 0 Å². The van der Waals surface area contributed by atoms with Gasteiger partial charge in [-0.25, -0.2) is 0 Å². The highest BCUT2D eigenvalue weighted by molar-refractivity contribution is 5.79. The average Bonchev–Trinajstić information content (AvgIpc) is 2.48. The van der Waals surface area contributed by atoms with Crippen molar-refractivity contribution in [3.05, 3.63) is 30.1 Å². The lowest BCUT2D eigenvalue weighted by molar-refractivity contribution is -0.147. The van der Waals surface area contributed by atoms with Crippen LogP contribution in [0.2, 0.25) is 0 Å². The van der Waals surface area contributed by atoms with E-state index in [1.54, 1.807) is 24.4 Å². The summed E-state index contributed by atoms with van der Waals surface area (Å²) in [5.41, 5.74) is 0.608. The molecule has 1 aromatic rings. The molecule has 0 aliphatic rings. The van der Waals surface area contributed by atoms with Crippen LogP contribution < -0.4 is 0 Å². The van der Waals surface area contributed by atoms with Gasteiger partial charge in [0, 0.05) is 6.20 Å². The Morgan fingerprint density at radius 1 is 1.21 bits per heavy atom. The van der Waals surface area contributed by atoms with Crippen LogP contribution in [0.1, 0.15) is 31.4 Å². The molecule has 0 radical (unpaired) electrons. The molecule has 0 saturated carbocycles. The maximum absolute atomic E-state index is 11.9. The summed E-state index contributed by atoms with van der Waals surface area (Å²) in [5, 5.41) is 0. The van der Waals surface area contributed by atoms with Crippen LogP contribution in [0.15, 0.2) is 24.4 Å². The van der Waals surface area contributed by atoms with Gasteiger partial charge in [0.25, 0.3) is 0 Å². The van der Waals surface area contributed by atoms with Crippen molar-refractivity contribution in [3.8, 4) is 0 Å². The molecule has 0 aliphatic carbocycles. The molecule has 0 saturated heterocycles. The number of rotatable bonds is 6. The Kier molecular flexibility index (Phi) is 5.99. The fourth-order valence-corrected chi connectivity index (χ4v) is 1.94. The molecule has 0 amide bonds. The number of esters is 2. The van der Waals surface area contributed by atoms with Crippen LogP contribution in [-0.4, -0.2) is 31.1 Å². The molecular formula is C14H19NO4. The standard InChI is InChI=1S/C14H19NO4/c1-4-10(13(16)18-2)9-11(14(17)19-3)12-7-5-6-8-15-12/h5-8,10-11H,4,9H2,1-3H3. The number of carbonyl (C=O) groups is 2. The topological polar surface area (TPSA) is 65.5 Å². The maximum Gasteiger partial charge on any atom is 0.314 e. The number of pyridine rings is 1. The van der Waals surface area contributed by atoms with Crippen molar-refractivity contribution >= 4 is 11.9 Å². The lowest BCUT2D eigenvalue weighted by atomic mass is 9.90. The van der Waals surface area contributed by atoms with E-state index < -0.39 is 5.92 Å². The van der Waals surface area contributed by atoms with Crippen molar-refractivity contribution in [2.24, 2.45) is 5.92 Å². The van der Waals surface area contributed by atoms with Crippen molar-refractivity contribution in [1.29, 1.82) is 0 Å². The maximum atomic E-state index is 11.9. The first-order valence-corrected chi connectivity index (χ1v) is 6.20. The summed E-state index contributed by atoms with van der Waals surface area (Å²) in [6, 6.07) is 5.33. The minimum atomic E-state index is -0.546. The van der Waals surface area contributed by atoms with E-state index in [2.05, 4.69) is 4.98 Å². The summed E-state index contributed by atoms with van der Waals surface area (Å²) in [4.78, 5) is 27.7. The molecule has 104 valence electrons. The number of aromatic nitrogens is 1. The summed E-state index contributed by atoms with van der Waals surface area (Å²) >= 11 is 0. The number of methoxy groups -OCH3 is 2. The van der Waals surface area contributed by atoms with Gasteiger partial charge in [0.2, 0.25) is 0 Å². The second kappa shape index (κ2) is 7.51. The van der Waals surface area contributed by atoms with Crippen LogP contribution in [0.5, 0.6) is 0 Å². The highest BCUT2D eigenvalue weighted by Gasteiger charge is 2.29. The summed E-state index contributed by atoms with van der Waals surface area (Å²) in [6.45, 7) is 1.88. The number of ether oxygens (including phenoxy) is 2. The van der Waals surface area contributed by atoms with Gasteiger partial charge in [-0.3, -0.25) is 14.6 Å². The molecule has 0 spiro atoms. The monoisotopic (exact) mass is 265 g/mol. The lowest BCUT2D eigenvalue weighted by Crippen LogP contribution is -2.24. The molecule has 5 heteroatoms. The van der Waals surface area contributed by atoms with Gasteiger partial charge in [-0.05, 0) is 25.0 Å². The largest absolute Gasteiger partial charge is 0.469 e. The highest BCUT2D eigenvalue weighted by atomic mass is 16.5. The third-order valence-electron chi connectivity index (χ3n) is 3.08. The van der Waals surface area contributed by atoms with Crippen molar-refractivity contribution in [1.82, 2.24) is 4.98 Å². The van der Waals surface area contributed by atoms with E-state index in [-0.39, 0.29) is 17.9 Å².